The highest BCUT2D eigenvalue weighted by atomic mass is 16.7. The zero-order chi connectivity index (χ0) is 20.5. The number of aliphatic hydroxyl groups excluding tert-OH is 1. The molecule has 2 heterocycles. The predicted octanol–water partition coefficient (Wildman–Crippen LogP) is 2.49. The summed E-state index contributed by atoms with van der Waals surface area (Å²) in [6.45, 7) is 5.23. The zero-order valence-corrected chi connectivity index (χ0v) is 16.1. The van der Waals surface area contributed by atoms with Gasteiger partial charge >= 0.3 is 11.9 Å². The van der Waals surface area contributed by atoms with Crippen LogP contribution >= 0.6 is 0 Å². The van der Waals surface area contributed by atoms with Crippen molar-refractivity contribution in [3.05, 3.63) is 46.9 Å². The van der Waals surface area contributed by atoms with Crippen LogP contribution in [0.25, 0.3) is 5.57 Å². The van der Waals surface area contributed by atoms with Crippen LogP contribution < -0.4 is 4.74 Å². The van der Waals surface area contributed by atoms with Crippen LogP contribution in [0.1, 0.15) is 26.3 Å². The molecule has 8 nitrogen and oxygen atoms in total. The molecule has 1 fully saturated rings. The second-order valence-corrected chi connectivity index (χ2v) is 6.84. The molecule has 0 unspecified atom stereocenters. The maximum atomic E-state index is 12.3. The number of hydrogen-bond acceptors (Lipinski definition) is 8. The van der Waals surface area contributed by atoms with E-state index in [0.717, 1.165) is 0 Å². The number of aliphatic hydroxyl groups is 1. The molecule has 0 aromatic heterocycles. The van der Waals surface area contributed by atoms with E-state index >= 15 is 0 Å². The van der Waals surface area contributed by atoms with Gasteiger partial charge in [0.1, 0.15) is 24.0 Å². The van der Waals surface area contributed by atoms with Crippen molar-refractivity contribution < 1.29 is 38.4 Å². The van der Waals surface area contributed by atoms with Crippen LogP contribution in [0.5, 0.6) is 5.75 Å². The number of methoxy groups -OCH3 is 1. The number of esters is 2. The average Bonchev–Trinajstić information content (AvgIpc) is 3.17. The quantitative estimate of drug-likeness (QED) is 0.605. The maximum absolute atomic E-state index is 12.3. The lowest BCUT2D eigenvalue weighted by Crippen LogP contribution is -2.25. The molecule has 0 amide bonds. The summed E-state index contributed by atoms with van der Waals surface area (Å²) in [4.78, 5) is 24.5. The Morgan fingerprint density at radius 2 is 1.96 bits per heavy atom. The van der Waals surface area contributed by atoms with Crippen LogP contribution in [0.3, 0.4) is 0 Å². The number of cyclic esters (lactones) is 1. The minimum absolute atomic E-state index is 0.0172. The van der Waals surface area contributed by atoms with Crippen LogP contribution in [0, 0.1) is 0 Å². The molecule has 1 atom stereocenters. The SMILES string of the molecule is COc1ccc(C2=C(O)/C(=C(/C)C(=O)OC[C@@H]3COC(C)(C)O3)OC2=O)cc1. The van der Waals surface area contributed by atoms with E-state index in [1.54, 1.807) is 38.1 Å². The van der Waals surface area contributed by atoms with Crippen LogP contribution in [0.15, 0.2) is 41.4 Å². The molecule has 1 saturated heterocycles. The van der Waals surface area contributed by atoms with E-state index in [1.807, 2.05) is 0 Å². The van der Waals surface area contributed by atoms with Gasteiger partial charge in [-0.1, -0.05) is 12.1 Å². The van der Waals surface area contributed by atoms with E-state index in [2.05, 4.69) is 0 Å². The third-order valence-electron chi connectivity index (χ3n) is 4.34. The Morgan fingerprint density at radius 3 is 2.54 bits per heavy atom. The standard InChI is InChI=1S/C20H22O8/c1-11(18(22)25-9-14-10-26-20(2,3)28-14)17-16(21)15(19(23)27-17)12-5-7-13(24-4)8-6-12/h5-8,14,21H,9-10H2,1-4H3/b17-11+/t14-/m1/s1. The monoisotopic (exact) mass is 390 g/mol. The third-order valence-corrected chi connectivity index (χ3v) is 4.34. The van der Waals surface area contributed by atoms with Crippen LogP contribution in [0.4, 0.5) is 0 Å². The fraction of sp³-hybridized carbons (Fsp3) is 0.400. The molecular formula is C20H22O8. The summed E-state index contributed by atoms with van der Waals surface area (Å²) in [5.41, 5.74) is 0.393. The Hall–Kier alpha value is -2.84. The van der Waals surface area contributed by atoms with E-state index < -0.39 is 23.5 Å². The van der Waals surface area contributed by atoms with Crippen molar-refractivity contribution in [2.24, 2.45) is 0 Å². The highest BCUT2D eigenvalue weighted by Crippen LogP contribution is 2.34. The number of rotatable bonds is 5. The molecule has 1 aromatic carbocycles. The Morgan fingerprint density at radius 1 is 1.29 bits per heavy atom. The summed E-state index contributed by atoms with van der Waals surface area (Å²) in [6.07, 6.45) is -0.387. The van der Waals surface area contributed by atoms with Crippen molar-refractivity contribution >= 4 is 17.5 Å². The second-order valence-electron chi connectivity index (χ2n) is 6.84. The molecule has 0 bridgehead atoms. The molecule has 2 aliphatic rings. The lowest BCUT2D eigenvalue weighted by atomic mass is 10.0. The Balaban J connectivity index is 1.75. The normalized spacial score (nSPS) is 22.9. The van der Waals surface area contributed by atoms with Gasteiger partial charge in [0.15, 0.2) is 17.3 Å². The topological polar surface area (TPSA) is 101 Å². The van der Waals surface area contributed by atoms with E-state index in [0.29, 0.717) is 17.9 Å². The van der Waals surface area contributed by atoms with Crippen molar-refractivity contribution in [2.75, 3.05) is 20.3 Å². The van der Waals surface area contributed by atoms with Crippen LogP contribution in [0.2, 0.25) is 0 Å². The largest absolute Gasteiger partial charge is 0.504 e. The molecule has 0 saturated carbocycles. The third kappa shape index (κ3) is 4.02. The number of carbonyl (C=O) groups is 2. The lowest BCUT2D eigenvalue weighted by Gasteiger charge is -2.17. The Kier molecular flexibility index (Phi) is 5.44. The van der Waals surface area contributed by atoms with Crippen LogP contribution in [-0.2, 0) is 28.5 Å². The predicted molar refractivity (Wildman–Crippen MR) is 97.2 cm³/mol. The fourth-order valence-electron chi connectivity index (χ4n) is 2.88. The van der Waals surface area contributed by atoms with Gasteiger partial charge in [-0.25, -0.2) is 9.59 Å². The minimum atomic E-state index is -0.751. The van der Waals surface area contributed by atoms with Gasteiger partial charge in [0.05, 0.1) is 19.3 Å². The summed E-state index contributed by atoms with van der Waals surface area (Å²) in [7, 11) is 1.52. The highest BCUT2D eigenvalue weighted by molar-refractivity contribution is 6.21. The average molecular weight is 390 g/mol. The Bertz CT molecular complexity index is 847. The molecule has 0 aliphatic carbocycles. The summed E-state index contributed by atoms with van der Waals surface area (Å²) >= 11 is 0. The van der Waals surface area contributed by atoms with Gasteiger partial charge in [-0.15, -0.1) is 0 Å². The number of ether oxygens (including phenoxy) is 5. The van der Waals surface area contributed by atoms with E-state index in [1.165, 1.54) is 14.0 Å². The van der Waals surface area contributed by atoms with Gasteiger partial charge in [0.25, 0.3) is 0 Å². The molecule has 2 aliphatic heterocycles. The highest BCUT2D eigenvalue weighted by Gasteiger charge is 2.36. The molecule has 1 aromatic rings. The lowest BCUT2D eigenvalue weighted by molar-refractivity contribution is -0.155. The summed E-state index contributed by atoms with van der Waals surface area (Å²) in [5.74, 6) is -2.22. The van der Waals surface area contributed by atoms with Gasteiger partial charge in [0.2, 0.25) is 0 Å². The van der Waals surface area contributed by atoms with Crippen molar-refractivity contribution in [1.82, 2.24) is 0 Å². The molecule has 28 heavy (non-hydrogen) atoms. The smallest absolute Gasteiger partial charge is 0.348 e. The fourth-order valence-corrected chi connectivity index (χ4v) is 2.88. The molecule has 8 heteroatoms. The molecular weight excluding hydrogens is 368 g/mol. The summed E-state index contributed by atoms with van der Waals surface area (Å²) < 4.78 is 26.4. The van der Waals surface area contributed by atoms with E-state index in [4.69, 9.17) is 23.7 Å². The molecule has 150 valence electrons. The van der Waals surface area contributed by atoms with Crippen molar-refractivity contribution in [3.8, 4) is 5.75 Å². The van der Waals surface area contributed by atoms with Crippen molar-refractivity contribution in [2.45, 2.75) is 32.7 Å². The Labute approximate surface area is 162 Å². The summed E-state index contributed by atoms with van der Waals surface area (Å²) in [5, 5.41) is 10.5. The second kappa shape index (κ2) is 7.65. The van der Waals surface area contributed by atoms with Gasteiger partial charge in [-0.3, -0.25) is 0 Å². The van der Waals surface area contributed by atoms with Crippen molar-refractivity contribution in [1.29, 1.82) is 0 Å². The number of benzene rings is 1. The number of hydrogen-bond donors (Lipinski definition) is 1. The van der Waals surface area contributed by atoms with Crippen LogP contribution in [-0.4, -0.2) is 49.3 Å². The summed E-state index contributed by atoms with van der Waals surface area (Å²) in [6, 6.07) is 6.52. The molecule has 0 spiro atoms. The van der Waals surface area contributed by atoms with Gasteiger partial charge in [0, 0.05) is 0 Å². The molecule has 0 radical (unpaired) electrons. The van der Waals surface area contributed by atoms with E-state index in [-0.39, 0.29) is 29.6 Å². The van der Waals surface area contributed by atoms with Gasteiger partial charge in [-0.2, -0.15) is 0 Å². The van der Waals surface area contributed by atoms with Crippen molar-refractivity contribution in [3.63, 3.8) is 0 Å². The van der Waals surface area contributed by atoms with Gasteiger partial charge in [-0.05, 0) is 38.5 Å². The maximum Gasteiger partial charge on any atom is 0.348 e. The first-order chi connectivity index (χ1) is 13.2. The van der Waals surface area contributed by atoms with E-state index in [9.17, 15) is 14.7 Å². The zero-order valence-electron chi connectivity index (χ0n) is 16.1. The molecule has 3 rings (SSSR count). The first-order valence-electron chi connectivity index (χ1n) is 8.72. The van der Waals surface area contributed by atoms with Gasteiger partial charge < -0.3 is 28.8 Å². The first-order valence-corrected chi connectivity index (χ1v) is 8.72. The first kappa shape index (κ1) is 19.9. The minimum Gasteiger partial charge on any atom is -0.504 e. The number of carbonyl (C=O) groups excluding carboxylic acids is 2. The molecule has 1 N–H and O–H groups in total.